The molecule has 1 aliphatic heterocycles. The SMILES string of the molecule is C=[N+]1OC(CC=C(CNC)C(=CC)OC(C)C)=NC1C1=C2CCCC(NNC(=O)N(C)CCCCC)C2=CCC1. The molecule has 1 heterocycles. The number of nitrogens with one attached hydrogen (secondary N) is 3. The summed E-state index contributed by atoms with van der Waals surface area (Å²) >= 11 is 0. The van der Waals surface area contributed by atoms with Gasteiger partial charge in [0.2, 0.25) is 0 Å². The van der Waals surface area contributed by atoms with Crippen molar-refractivity contribution in [1.29, 1.82) is 0 Å². The second-order valence-corrected chi connectivity index (χ2v) is 11.0. The molecule has 2 aliphatic carbocycles. The number of carbonyl (C=O) groups excluding carboxylic acids is 1. The molecule has 1 fully saturated rings. The third kappa shape index (κ3) is 8.54. The van der Waals surface area contributed by atoms with Gasteiger partial charge in [0.15, 0.2) is 6.72 Å². The highest BCUT2D eigenvalue weighted by molar-refractivity contribution is 5.78. The average molecular weight is 556 g/mol. The predicted molar refractivity (Wildman–Crippen MR) is 162 cm³/mol. The number of aliphatic imine (C=N–C) groups is 1. The van der Waals surface area contributed by atoms with Gasteiger partial charge in [-0.2, -0.15) is 4.99 Å². The maximum absolute atomic E-state index is 12.6. The maximum atomic E-state index is 12.6. The van der Waals surface area contributed by atoms with E-state index in [-0.39, 0.29) is 24.3 Å². The average Bonchev–Trinajstić information content (AvgIpc) is 3.32. The molecule has 0 saturated heterocycles. The number of rotatable bonds is 14. The van der Waals surface area contributed by atoms with Crippen molar-refractivity contribution in [2.45, 2.75) is 104 Å². The fourth-order valence-corrected chi connectivity index (χ4v) is 5.51. The fraction of sp³-hybridized carbons (Fsp3) is 0.645. The van der Waals surface area contributed by atoms with Gasteiger partial charge < -0.3 is 15.0 Å². The molecule has 0 aromatic rings. The fourth-order valence-electron chi connectivity index (χ4n) is 5.51. The molecule has 9 heteroatoms. The minimum Gasteiger partial charge on any atom is -0.491 e. The van der Waals surface area contributed by atoms with Crippen LogP contribution in [0, 0.1) is 0 Å². The highest BCUT2D eigenvalue weighted by Crippen LogP contribution is 2.39. The minimum atomic E-state index is -0.235. The number of allylic oxidation sites excluding steroid dienone is 2. The molecule has 1 saturated carbocycles. The Hall–Kier alpha value is -2.91. The van der Waals surface area contributed by atoms with Crippen LogP contribution in [-0.2, 0) is 9.57 Å². The van der Waals surface area contributed by atoms with Gasteiger partial charge in [0.1, 0.15) is 5.76 Å². The molecule has 40 heavy (non-hydrogen) atoms. The second kappa shape index (κ2) is 15.8. The summed E-state index contributed by atoms with van der Waals surface area (Å²) < 4.78 is 7.64. The van der Waals surface area contributed by atoms with Gasteiger partial charge in [-0.25, -0.2) is 15.1 Å². The van der Waals surface area contributed by atoms with Crippen LogP contribution in [-0.4, -0.2) is 73.8 Å². The normalized spacial score (nSPS) is 21.6. The van der Waals surface area contributed by atoms with E-state index >= 15 is 0 Å². The van der Waals surface area contributed by atoms with Crippen molar-refractivity contribution in [3.8, 4) is 0 Å². The smallest absolute Gasteiger partial charge is 0.331 e. The standard InChI is InChI=1S/C31H50N6O3/c1-8-10-11-20-36(6)31(38)35-34-27-17-13-14-24-25(27)15-12-16-26(24)30-33-29(40-37(30)7)19-18-23(21-32-5)28(9-2)39-22(3)4/h9,15,18,22,27,30,32,34H,7-8,10-14,16-17,19-21H2,1-6H3/p+1. The van der Waals surface area contributed by atoms with E-state index in [2.05, 4.69) is 42.0 Å². The van der Waals surface area contributed by atoms with Crippen molar-refractivity contribution in [1.82, 2.24) is 21.1 Å². The molecule has 3 aliphatic rings. The Morgan fingerprint density at radius 2 is 2.15 bits per heavy atom. The number of nitrogens with zero attached hydrogens (tertiary/aromatic N) is 3. The summed E-state index contributed by atoms with van der Waals surface area (Å²) in [5.41, 5.74) is 11.2. The number of urea groups is 1. The molecule has 0 bridgehead atoms. The molecule has 3 N–H and O–H groups in total. The number of hydrazine groups is 1. The molecule has 0 aromatic heterocycles. The van der Waals surface area contributed by atoms with Gasteiger partial charge in [0.25, 0.3) is 5.90 Å². The number of ether oxygens (including phenoxy) is 1. The Bertz CT molecular complexity index is 1060. The van der Waals surface area contributed by atoms with E-state index in [9.17, 15) is 4.79 Å². The molecule has 222 valence electrons. The summed E-state index contributed by atoms with van der Waals surface area (Å²) in [6, 6.07) is 0.0000897. The van der Waals surface area contributed by atoms with Crippen LogP contribution >= 0.6 is 0 Å². The molecule has 0 spiro atoms. The first-order valence-corrected chi connectivity index (χ1v) is 15.0. The zero-order valence-electron chi connectivity index (χ0n) is 25.5. The lowest BCUT2D eigenvalue weighted by atomic mass is 9.78. The molecule has 2 atom stereocenters. The van der Waals surface area contributed by atoms with Gasteiger partial charge in [-0.1, -0.05) is 31.9 Å². The third-order valence-electron chi connectivity index (χ3n) is 7.51. The number of hydrogen-bond acceptors (Lipinski definition) is 6. The number of fused-ring (bicyclic) bond motifs is 1. The quantitative estimate of drug-likeness (QED) is 0.0908. The Morgan fingerprint density at radius 3 is 2.85 bits per heavy atom. The molecule has 9 nitrogen and oxygen atoms in total. The zero-order valence-corrected chi connectivity index (χ0v) is 25.5. The van der Waals surface area contributed by atoms with Crippen LogP contribution in [0.1, 0.15) is 85.5 Å². The number of unbranched alkanes of at least 4 members (excludes halogenated alkanes) is 2. The van der Waals surface area contributed by atoms with Gasteiger partial charge in [-0.3, -0.25) is 5.43 Å². The first-order chi connectivity index (χ1) is 19.3. The van der Waals surface area contributed by atoms with E-state index in [4.69, 9.17) is 14.6 Å². The van der Waals surface area contributed by atoms with Crippen LogP contribution in [0.2, 0.25) is 0 Å². The van der Waals surface area contributed by atoms with Gasteiger partial charge in [0, 0.05) is 36.0 Å². The molecule has 0 radical (unpaired) electrons. The molecular formula is C31H51N6O3+. The highest BCUT2D eigenvalue weighted by Gasteiger charge is 2.39. The number of likely N-dealkylation sites (N-methyl/N-ethyl adjacent to an activating group) is 1. The number of amides is 2. The monoisotopic (exact) mass is 555 g/mol. The zero-order chi connectivity index (χ0) is 29.1. The summed E-state index contributed by atoms with van der Waals surface area (Å²) in [6.45, 7) is 13.8. The Morgan fingerprint density at radius 1 is 1.35 bits per heavy atom. The Kier molecular flexibility index (Phi) is 12.5. The van der Waals surface area contributed by atoms with Crippen LogP contribution in [0.5, 0.6) is 0 Å². The van der Waals surface area contributed by atoms with Gasteiger partial charge in [0.05, 0.1) is 18.6 Å². The second-order valence-electron chi connectivity index (χ2n) is 11.0. The van der Waals surface area contributed by atoms with E-state index in [1.165, 1.54) is 16.7 Å². The summed E-state index contributed by atoms with van der Waals surface area (Å²) in [4.78, 5) is 25.3. The first-order valence-electron chi connectivity index (χ1n) is 15.0. The van der Waals surface area contributed by atoms with Gasteiger partial charge >= 0.3 is 12.2 Å². The van der Waals surface area contributed by atoms with Gasteiger partial charge in [-0.05, 0) is 83.6 Å². The molecule has 0 aromatic carbocycles. The Labute approximate surface area is 241 Å². The number of hydroxylamine groups is 1. The molecule has 3 rings (SSSR count). The van der Waals surface area contributed by atoms with Crippen molar-refractivity contribution in [3.05, 3.63) is 46.3 Å². The van der Waals surface area contributed by atoms with Crippen LogP contribution in [0.4, 0.5) is 4.79 Å². The first kappa shape index (κ1) is 31.6. The van der Waals surface area contributed by atoms with Crippen molar-refractivity contribution < 1.29 is 19.1 Å². The highest BCUT2D eigenvalue weighted by atomic mass is 16.7. The lowest BCUT2D eigenvalue weighted by Crippen LogP contribution is -2.51. The lowest BCUT2D eigenvalue weighted by molar-refractivity contribution is -0.758. The van der Waals surface area contributed by atoms with Crippen molar-refractivity contribution in [2.24, 2.45) is 4.99 Å². The Balaban J connectivity index is 1.70. The van der Waals surface area contributed by atoms with E-state index in [0.29, 0.717) is 18.9 Å². The summed E-state index contributed by atoms with van der Waals surface area (Å²) in [6.07, 6.45) is 15.1. The lowest BCUT2D eigenvalue weighted by Gasteiger charge is -2.33. The van der Waals surface area contributed by atoms with Crippen molar-refractivity contribution >= 4 is 18.6 Å². The van der Waals surface area contributed by atoms with E-state index < -0.39 is 0 Å². The summed E-state index contributed by atoms with van der Waals surface area (Å²) in [5.74, 6) is 1.53. The third-order valence-corrected chi connectivity index (χ3v) is 7.51. The summed E-state index contributed by atoms with van der Waals surface area (Å²) in [5, 5.41) is 3.23. The van der Waals surface area contributed by atoms with Crippen LogP contribution in [0.15, 0.2) is 51.3 Å². The number of hydrogen-bond donors (Lipinski definition) is 3. The van der Waals surface area contributed by atoms with Crippen molar-refractivity contribution in [2.75, 3.05) is 27.2 Å². The minimum absolute atomic E-state index is 0.0863. The predicted octanol–water partition coefficient (Wildman–Crippen LogP) is 5.14. The van der Waals surface area contributed by atoms with E-state index in [1.807, 2.05) is 40.9 Å². The summed E-state index contributed by atoms with van der Waals surface area (Å²) in [7, 11) is 3.78. The van der Waals surface area contributed by atoms with Crippen LogP contribution < -0.4 is 16.2 Å². The number of carbonyl (C=O) groups is 1. The van der Waals surface area contributed by atoms with Crippen molar-refractivity contribution in [3.63, 3.8) is 0 Å². The van der Waals surface area contributed by atoms with Gasteiger partial charge in [-0.15, -0.1) is 0 Å². The largest absolute Gasteiger partial charge is 0.491 e. The molecule has 2 unspecified atom stereocenters. The van der Waals surface area contributed by atoms with Crippen LogP contribution in [0.3, 0.4) is 0 Å². The maximum Gasteiger partial charge on any atom is 0.331 e. The molecule has 2 amide bonds. The molecular weight excluding hydrogens is 504 g/mol. The topological polar surface area (TPSA) is 90.2 Å². The van der Waals surface area contributed by atoms with Crippen LogP contribution in [0.25, 0.3) is 0 Å². The van der Waals surface area contributed by atoms with E-state index in [1.54, 1.807) is 9.64 Å². The van der Waals surface area contributed by atoms with E-state index in [0.717, 1.165) is 69.2 Å².